The number of aromatic nitrogens is 1. The number of nitrogens with one attached hydrogen (secondary N) is 1. The van der Waals surface area contributed by atoms with Crippen LogP contribution in [-0.4, -0.2) is 18.0 Å². The summed E-state index contributed by atoms with van der Waals surface area (Å²) in [6.07, 6.45) is 6.87. The predicted octanol–water partition coefficient (Wildman–Crippen LogP) is 4.21. The lowest BCUT2D eigenvalue weighted by molar-refractivity contribution is -0.112. The number of amides is 1. The molecule has 1 aromatic carbocycles. The van der Waals surface area contributed by atoms with Crippen molar-refractivity contribution >= 4 is 11.6 Å². The third kappa shape index (κ3) is 6.30. The minimum atomic E-state index is -0.182. The number of hydrogen-bond donors (Lipinski definition) is 1. The second kappa shape index (κ2) is 8.33. The first-order chi connectivity index (χ1) is 11.9. The number of carbonyl (C=O) groups excluding carboxylic acids is 1. The Morgan fingerprint density at radius 2 is 2.04 bits per heavy atom. The van der Waals surface area contributed by atoms with E-state index in [-0.39, 0.29) is 11.3 Å². The van der Waals surface area contributed by atoms with E-state index in [9.17, 15) is 4.79 Å². The molecule has 0 aliphatic carbocycles. The number of nitrogens with zero attached hydrogens (tertiary/aromatic N) is 1. The van der Waals surface area contributed by atoms with E-state index in [0.717, 1.165) is 5.56 Å². The molecule has 0 bridgehead atoms. The molecule has 0 aliphatic heterocycles. The predicted molar refractivity (Wildman–Crippen MR) is 98.8 cm³/mol. The van der Waals surface area contributed by atoms with Gasteiger partial charge in [0.1, 0.15) is 6.61 Å². The smallest absolute Gasteiger partial charge is 0.248 e. The monoisotopic (exact) mass is 340 g/mol. The first kappa shape index (κ1) is 18.5. The number of hydrogen-bond acceptors (Lipinski definition) is 4. The van der Waals surface area contributed by atoms with Crippen molar-refractivity contribution in [2.24, 2.45) is 5.41 Å². The summed E-state index contributed by atoms with van der Waals surface area (Å²) in [4.78, 5) is 16.1. The molecular formula is C20H24N2O3. The quantitative estimate of drug-likeness (QED) is 0.800. The second-order valence-corrected chi connectivity index (χ2v) is 6.70. The zero-order valence-corrected chi connectivity index (χ0v) is 15.1. The van der Waals surface area contributed by atoms with E-state index < -0.39 is 0 Å². The molecule has 5 heteroatoms. The van der Waals surface area contributed by atoms with Gasteiger partial charge < -0.3 is 14.8 Å². The molecule has 0 radical (unpaired) electrons. The van der Waals surface area contributed by atoms with Crippen LogP contribution in [0.3, 0.4) is 0 Å². The highest BCUT2D eigenvalue weighted by Gasteiger charge is 2.09. The lowest BCUT2D eigenvalue weighted by atomic mass is 9.96. The van der Waals surface area contributed by atoms with Crippen LogP contribution in [0.1, 0.15) is 26.3 Å². The van der Waals surface area contributed by atoms with Gasteiger partial charge >= 0.3 is 0 Å². The number of pyridine rings is 1. The molecule has 5 nitrogen and oxygen atoms in total. The topological polar surface area (TPSA) is 60.5 Å². The standard InChI is InChI=1S/C20H24N2O3/c1-20(2,3)10-9-19(23)22-16-7-8-17(24-4)18(12-16)25-14-15-6-5-11-21-13-15/h5-13H,14H2,1-4H3,(H,22,23). The summed E-state index contributed by atoms with van der Waals surface area (Å²) >= 11 is 0. The molecule has 0 atom stereocenters. The highest BCUT2D eigenvalue weighted by Crippen LogP contribution is 2.31. The van der Waals surface area contributed by atoms with Crippen LogP contribution in [0.25, 0.3) is 0 Å². The third-order valence-electron chi connectivity index (χ3n) is 3.28. The summed E-state index contributed by atoms with van der Waals surface area (Å²) in [5, 5.41) is 2.83. The van der Waals surface area contributed by atoms with Crippen LogP contribution < -0.4 is 14.8 Å². The fraction of sp³-hybridized carbons (Fsp3) is 0.300. The van der Waals surface area contributed by atoms with Gasteiger partial charge in [-0.2, -0.15) is 0 Å². The molecule has 132 valence electrons. The minimum absolute atomic E-state index is 0.0464. The van der Waals surface area contributed by atoms with Gasteiger partial charge in [-0.05, 0) is 29.7 Å². The van der Waals surface area contributed by atoms with Gasteiger partial charge in [-0.3, -0.25) is 9.78 Å². The Kier molecular flexibility index (Phi) is 6.17. The number of benzene rings is 1. The highest BCUT2D eigenvalue weighted by atomic mass is 16.5. The Morgan fingerprint density at radius 1 is 1.24 bits per heavy atom. The first-order valence-corrected chi connectivity index (χ1v) is 8.07. The average Bonchev–Trinajstić information content (AvgIpc) is 2.59. The molecule has 2 rings (SSSR count). The Morgan fingerprint density at radius 3 is 2.68 bits per heavy atom. The number of rotatable bonds is 6. The van der Waals surface area contributed by atoms with Gasteiger partial charge in [-0.1, -0.05) is 32.9 Å². The van der Waals surface area contributed by atoms with Gasteiger partial charge in [0.15, 0.2) is 11.5 Å². The summed E-state index contributed by atoms with van der Waals surface area (Å²) in [6.45, 7) is 6.48. The normalized spacial score (nSPS) is 11.4. The third-order valence-corrected chi connectivity index (χ3v) is 3.28. The summed E-state index contributed by atoms with van der Waals surface area (Å²) in [6, 6.07) is 9.08. The summed E-state index contributed by atoms with van der Waals surface area (Å²) in [7, 11) is 1.58. The molecule has 1 N–H and O–H groups in total. The van der Waals surface area contributed by atoms with Gasteiger partial charge in [0.2, 0.25) is 5.91 Å². The van der Waals surface area contributed by atoms with Crippen LogP contribution >= 0.6 is 0 Å². The Labute approximate surface area is 148 Å². The first-order valence-electron chi connectivity index (χ1n) is 8.07. The van der Waals surface area contributed by atoms with Gasteiger partial charge in [-0.25, -0.2) is 0 Å². The van der Waals surface area contributed by atoms with Gasteiger partial charge in [0, 0.05) is 29.7 Å². The molecule has 0 aliphatic rings. The van der Waals surface area contributed by atoms with Gasteiger partial charge in [0.05, 0.1) is 7.11 Å². The molecule has 0 saturated heterocycles. The molecule has 1 heterocycles. The lowest BCUT2D eigenvalue weighted by Gasteiger charge is -2.13. The maximum atomic E-state index is 12.0. The number of ether oxygens (including phenoxy) is 2. The lowest BCUT2D eigenvalue weighted by Crippen LogP contribution is -2.10. The van der Waals surface area contributed by atoms with E-state index >= 15 is 0 Å². The zero-order valence-electron chi connectivity index (χ0n) is 15.1. The van der Waals surface area contributed by atoms with E-state index in [2.05, 4.69) is 10.3 Å². The molecule has 0 unspecified atom stereocenters. The van der Waals surface area contributed by atoms with Crippen molar-refractivity contribution in [3.05, 3.63) is 60.4 Å². The fourth-order valence-corrected chi connectivity index (χ4v) is 2.02. The van der Waals surface area contributed by atoms with Crippen LogP contribution in [0, 0.1) is 5.41 Å². The maximum Gasteiger partial charge on any atom is 0.248 e. The van der Waals surface area contributed by atoms with Crippen molar-refractivity contribution in [2.45, 2.75) is 27.4 Å². The molecule has 1 amide bonds. The molecule has 1 aromatic heterocycles. The van der Waals surface area contributed by atoms with E-state index in [4.69, 9.17) is 9.47 Å². The number of allylic oxidation sites excluding steroid dienone is 1. The summed E-state index contributed by atoms with van der Waals surface area (Å²) in [5.74, 6) is 0.981. The summed E-state index contributed by atoms with van der Waals surface area (Å²) < 4.78 is 11.1. The minimum Gasteiger partial charge on any atom is -0.493 e. The molecule has 25 heavy (non-hydrogen) atoms. The molecular weight excluding hydrogens is 316 g/mol. The fourth-order valence-electron chi connectivity index (χ4n) is 2.02. The Balaban J connectivity index is 2.08. The number of carbonyl (C=O) groups is 1. The maximum absolute atomic E-state index is 12.0. The van der Waals surface area contributed by atoms with Crippen molar-refractivity contribution in [3.8, 4) is 11.5 Å². The van der Waals surface area contributed by atoms with Crippen LogP contribution in [0.2, 0.25) is 0 Å². The molecule has 0 saturated carbocycles. The van der Waals surface area contributed by atoms with Gasteiger partial charge in [0.25, 0.3) is 0 Å². The zero-order chi connectivity index (χ0) is 18.3. The second-order valence-electron chi connectivity index (χ2n) is 6.70. The Hall–Kier alpha value is -2.82. The molecule has 0 fully saturated rings. The average molecular weight is 340 g/mol. The van der Waals surface area contributed by atoms with Crippen molar-refractivity contribution in [1.29, 1.82) is 0 Å². The highest BCUT2D eigenvalue weighted by molar-refractivity contribution is 5.99. The molecule has 0 spiro atoms. The number of methoxy groups -OCH3 is 1. The van der Waals surface area contributed by atoms with Crippen LogP contribution in [-0.2, 0) is 11.4 Å². The van der Waals surface area contributed by atoms with Crippen LogP contribution in [0.15, 0.2) is 54.9 Å². The number of anilines is 1. The molecule has 2 aromatic rings. The van der Waals surface area contributed by atoms with Crippen molar-refractivity contribution < 1.29 is 14.3 Å². The van der Waals surface area contributed by atoms with E-state index in [0.29, 0.717) is 23.8 Å². The summed E-state index contributed by atoms with van der Waals surface area (Å²) in [5.41, 5.74) is 1.55. The van der Waals surface area contributed by atoms with Crippen LogP contribution in [0.5, 0.6) is 11.5 Å². The SMILES string of the molecule is COc1ccc(NC(=O)C=CC(C)(C)C)cc1OCc1cccnc1. The van der Waals surface area contributed by atoms with Crippen LogP contribution in [0.4, 0.5) is 5.69 Å². The van der Waals surface area contributed by atoms with E-state index in [1.165, 1.54) is 0 Å². The van der Waals surface area contributed by atoms with Crippen molar-refractivity contribution in [3.63, 3.8) is 0 Å². The van der Waals surface area contributed by atoms with Crippen molar-refractivity contribution in [1.82, 2.24) is 4.98 Å². The van der Waals surface area contributed by atoms with E-state index in [1.54, 1.807) is 43.8 Å². The largest absolute Gasteiger partial charge is 0.493 e. The Bertz CT molecular complexity index is 734. The van der Waals surface area contributed by atoms with Crippen molar-refractivity contribution in [2.75, 3.05) is 12.4 Å². The van der Waals surface area contributed by atoms with Gasteiger partial charge in [-0.15, -0.1) is 0 Å². The van der Waals surface area contributed by atoms with E-state index in [1.807, 2.05) is 39.0 Å².